The lowest BCUT2D eigenvalue weighted by atomic mass is 10.0. The van der Waals surface area contributed by atoms with Crippen LogP contribution in [0.4, 0.5) is 8.78 Å². The second kappa shape index (κ2) is 7.32. The van der Waals surface area contributed by atoms with Crippen molar-refractivity contribution in [2.75, 3.05) is 0 Å². The molecule has 2 aromatic rings. The third kappa shape index (κ3) is 3.34. The van der Waals surface area contributed by atoms with E-state index in [4.69, 9.17) is 0 Å². The first kappa shape index (κ1) is 17.8. The number of aliphatic hydroxyl groups excluding tert-OH is 1. The molecule has 0 saturated heterocycles. The Labute approximate surface area is 137 Å². The van der Waals surface area contributed by atoms with E-state index < -0.39 is 23.3 Å². The van der Waals surface area contributed by atoms with Crippen molar-refractivity contribution in [3.8, 4) is 6.07 Å². The van der Waals surface area contributed by atoms with E-state index in [1.807, 2.05) is 19.9 Å². The first-order chi connectivity index (χ1) is 11.4. The van der Waals surface area contributed by atoms with Gasteiger partial charge in [0.05, 0.1) is 12.2 Å². The zero-order valence-electron chi connectivity index (χ0n) is 13.4. The number of halogens is 2. The van der Waals surface area contributed by atoms with E-state index >= 15 is 0 Å². The fourth-order valence-electron chi connectivity index (χ4n) is 2.59. The Balaban J connectivity index is 2.48. The summed E-state index contributed by atoms with van der Waals surface area (Å²) in [6.45, 7) is 3.28. The highest BCUT2D eigenvalue weighted by Gasteiger charge is 2.19. The molecule has 7 heteroatoms. The molecule has 0 unspecified atom stereocenters. The first-order valence-corrected chi connectivity index (χ1v) is 7.58. The molecule has 0 fully saturated rings. The van der Waals surface area contributed by atoms with Gasteiger partial charge in [0.15, 0.2) is 0 Å². The maximum Gasteiger partial charge on any atom is 0.285 e. The summed E-state index contributed by atoms with van der Waals surface area (Å²) in [6, 6.07) is 4.59. The highest BCUT2D eigenvalue weighted by molar-refractivity contribution is 5.38. The average Bonchev–Trinajstić information content (AvgIpc) is 2.57. The van der Waals surface area contributed by atoms with Gasteiger partial charge in [0.2, 0.25) is 0 Å². The molecule has 1 heterocycles. The molecular weight excluding hydrogens is 316 g/mol. The average molecular weight is 333 g/mol. The van der Waals surface area contributed by atoms with Crippen molar-refractivity contribution in [2.45, 2.75) is 39.3 Å². The van der Waals surface area contributed by atoms with Gasteiger partial charge in [0.1, 0.15) is 29.4 Å². The molecule has 1 N–H and O–H groups in total. The highest BCUT2D eigenvalue weighted by Crippen LogP contribution is 2.20. The van der Waals surface area contributed by atoms with Crippen LogP contribution in [-0.4, -0.2) is 14.9 Å². The number of nitrogens with zero attached hydrogens (tertiary/aromatic N) is 3. The van der Waals surface area contributed by atoms with Crippen molar-refractivity contribution < 1.29 is 13.9 Å². The van der Waals surface area contributed by atoms with Crippen LogP contribution in [0.15, 0.2) is 23.0 Å². The summed E-state index contributed by atoms with van der Waals surface area (Å²) in [5.74, 6) is -1.47. The molecule has 0 amide bonds. The number of aliphatic hydroxyl groups is 1. The Bertz CT molecular complexity index is 856. The van der Waals surface area contributed by atoms with Crippen molar-refractivity contribution in [3.05, 3.63) is 62.6 Å². The van der Waals surface area contributed by atoms with Gasteiger partial charge in [-0.25, -0.2) is 13.5 Å². The van der Waals surface area contributed by atoms with E-state index in [-0.39, 0.29) is 17.7 Å². The maximum atomic E-state index is 13.7. The predicted molar refractivity (Wildman–Crippen MR) is 83.3 cm³/mol. The lowest BCUT2D eigenvalue weighted by Crippen LogP contribution is -2.31. The maximum absolute atomic E-state index is 13.7. The van der Waals surface area contributed by atoms with Crippen LogP contribution >= 0.6 is 0 Å². The topological polar surface area (TPSA) is 78.9 Å². The summed E-state index contributed by atoms with van der Waals surface area (Å²) in [5, 5.41) is 23.6. The van der Waals surface area contributed by atoms with Gasteiger partial charge in [-0.2, -0.15) is 10.4 Å². The third-order valence-electron chi connectivity index (χ3n) is 3.80. The van der Waals surface area contributed by atoms with Crippen molar-refractivity contribution in [2.24, 2.45) is 0 Å². The van der Waals surface area contributed by atoms with Crippen LogP contribution in [0.1, 0.15) is 42.3 Å². The zero-order chi connectivity index (χ0) is 17.9. The zero-order valence-corrected chi connectivity index (χ0v) is 13.4. The van der Waals surface area contributed by atoms with Crippen LogP contribution in [0.2, 0.25) is 0 Å². The number of aryl methyl sites for hydroxylation is 1. The van der Waals surface area contributed by atoms with Gasteiger partial charge in [0, 0.05) is 5.56 Å². The SMILES string of the molecule is CCc1nn(C[C@@H](O)c2cc(F)ccc2F)c(=O)c(C#N)c1CC. The van der Waals surface area contributed by atoms with Crippen LogP contribution < -0.4 is 5.56 Å². The molecule has 0 saturated carbocycles. The summed E-state index contributed by atoms with van der Waals surface area (Å²) in [4.78, 5) is 12.4. The largest absolute Gasteiger partial charge is 0.386 e. The van der Waals surface area contributed by atoms with E-state index in [2.05, 4.69) is 5.10 Å². The summed E-state index contributed by atoms with van der Waals surface area (Å²) in [6.07, 6.45) is -0.478. The van der Waals surface area contributed by atoms with Gasteiger partial charge in [-0.15, -0.1) is 0 Å². The van der Waals surface area contributed by atoms with Gasteiger partial charge >= 0.3 is 0 Å². The minimum Gasteiger partial charge on any atom is -0.386 e. The van der Waals surface area contributed by atoms with E-state index in [1.54, 1.807) is 0 Å². The van der Waals surface area contributed by atoms with Crippen LogP contribution in [0.3, 0.4) is 0 Å². The second-order valence-electron chi connectivity index (χ2n) is 5.29. The Morgan fingerprint density at radius 1 is 1.33 bits per heavy atom. The van der Waals surface area contributed by atoms with Crippen LogP contribution in [-0.2, 0) is 19.4 Å². The molecule has 1 aromatic heterocycles. The number of rotatable bonds is 5. The summed E-state index contributed by atoms with van der Waals surface area (Å²) >= 11 is 0. The van der Waals surface area contributed by atoms with Crippen LogP contribution in [0.5, 0.6) is 0 Å². The van der Waals surface area contributed by atoms with Gasteiger partial charge in [-0.1, -0.05) is 13.8 Å². The smallest absolute Gasteiger partial charge is 0.285 e. The third-order valence-corrected chi connectivity index (χ3v) is 3.80. The molecule has 2 rings (SSSR count). The molecule has 5 nitrogen and oxygen atoms in total. The monoisotopic (exact) mass is 333 g/mol. The summed E-state index contributed by atoms with van der Waals surface area (Å²) < 4.78 is 27.9. The molecule has 0 bridgehead atoms. The molecule has 126 valence electrons. The molecule has 0 radical (unpaired) electrons. The van der Waals surface area contributed by atoms with Crippen molar-refractivity contribution in [3.63, 3.8) is 0 Å². The lowest BCUT2D eigenvalue weighted by molar-refractivity contribution is 0.144. The minimum absolute atomic E-state index is 0.0312. The van der Waals surface area contributed by atoms with Crippen LogP contribution in [0.25, 0.3) is 0 Å². The molecule has 24 heavy (non-hydrogen) atoms. The molecule has 0 aliphatic carbocycles. The summed E-state index contributed by atoms with van der Waals surface area (Å²) in [7, 11) is 0. The molecule has 1 aromatic carbocycles. The van der Waals surface area contributed by atoms with Gasteiger partial charge in [0.25, 0.3) is 5.56 Å². The normalized spacial score (nSPS) is 12.0. The van der Waals surface area contributed by atoms with Crippen LogP contribution in [0, 0.1) is 23.0 Å². The number of hydrogen-bond donors (Lipinski definition) is 1. The molecule has 1 atom stereocenters. The van der Waals surface area contributed by atoms with Gasteiger partial charge < -0.3 is 5.11 Å². The van der Waals surface area contributed by atoms with Crippen molar-refractivity contribution in [1.29, 1.82) is 5.26 Å². The second-order valence-corrected chi connectivity index (χ2v) is 5.29. The Morgan fingerprint density at radius 3 is 2.62 bits per heavy atom. The Hall–Kier alpha value is -2.59. The molecule has 0 aliphatic heterocycles. The van der Waals surface area contributed by atoms with Crippen molar-refractivity contribution in [1.82, 2.24) is 9.78 Å². The van der Waals surface area contributed by atoms with E-state index in [1.165, 1.54) is 0 Å². The fraction of sp³-hybridized carbons (Fsp3) is 0.353. The van der Waals surface area contributed by atoms with Gasteiger partial charge in [-0.3, -0.25) is 4.79 Å². The van der Waals surface area contributed by atoms with E-state index in [9.17, 15) is 23.9 Å². The number of benzene rings is 1. The quantitative estimate of drug-likeness (QED) is 0.910. The predicted octanol–water partition coefficient (Wildman–Crippen LogP) is 2.25. The minimum atomic E-state index is -1.46. The standard InChI is InChI=1S/C17H17F2N3O2/c1-3-11-13(8-20)17(24)22(21-15(11)4-2)9-16(23)12-7-10(18)5-6-14(12)19/h5-7,16,23H,3-4,9H2,1-2H3/t16-/m1/s1. The molecular formula is C17H17F2N3O2. The van der Waals surface area contributed by atoms with E-state index in [0.29, 0.717) is 24.1 Å². The van der Waals surface area contributed by atoms with E-state index in [0.717, 1.165) is 22.9 Å². The van der Waals surface area contributed by atoms with Gasteiger partial charge in [-0.05, 0) is 36.6 Å². The molecule has 0 aliphatic rings. The number of hydrogen-bond acceptors (Lipinski definition) is 4. The fourth-order valence-corrected chi connectivity index (χ4v) is 2.59. The molecule has 0 spiro atoms. The summed E-state index contributed by atoms with van der Waals surface area (Å²) in [5.41, 5.74) is 0.201. The number of nitriles is 1. The Kier molecular flexibility index (Phi) is 5.42. The lowest BCUT2D eigenvalue weighted by Gasteiger charge is -2.16. The Morgan fingerprint density at radius 2 is 2.04 bits per heavy atom. The van der Waals surface area contributed by atoms with Crippen molar-refractivity contribution >= 4 is 0 Å². The number of aromatic nitrogens is 2. The highest BCUT2D eigenvalue weighted by atomic mass is 19.1. The first-order valence-electron chi connectivity index (χ1n) is 7.58.